The largest absolute Gasteiger partial charge is 0.454 e. The van der Waals surface area contributed by atoms with Gasteiger partial charge >= 0.3 is 0 Å². The molecule has 0 spiro atoms. The lowest BCUT2D eigenvalue weighted by Gasteiger charge is -2.15. The molecule has 0 aliphatic carbocycles. The van der Waals surface area contributed by atoms with Gasteiger partial charge in [0.1, 0.15) is 0 Å². The molecule has 1 heterocycles. The molecule has 1 aliphatic rings. The van der Waals surface area contributed by atoms with Gasteiger partial charge < -0.3 is 20.1 Å². The van der Waals surface area contributed by atoms with Crippen molar-refractivity contribution in [3.05, 3.63) is 59.2 Å². The zero-order valence-corrected chi connectivity index (χ0v) is 13.8. The van der Waals surface area contributed by atoms with E-state index in [1.54, 1.807) is 19.1 Å². The molecule has 0 bridgehead atoms. The van der Waals surface area contributed by atoms with Crippen LogP contribution in [0, 0.1) is 11.6 Å². The molecule has 1 atom stereocenters. The predicted octanol–water partition coefficient (Wildman–Crippen LogP) is 2.30. The van der Waals surface area contributed by atoms with Crippen LogP contribution in [0.5, 0.6) is 11.5 Å². The Morgan fingerprint density at radius 3 is 2.62 bits per heavy atom. The first kappa shape index (κ1) is 17.7. The van der Waals surface area contributed by atoms with Crippen molar-refractivity contribution in [3.63, 3.8) is 0 Å². The molecule has 0 radical (unpaired) electrons. The highest BCUT2D eigenvalue weighted by molar-refractivity contribution is 5.97. The molecule has 0 fully saturated rings. The fourth-order valence-electron chi connectivity index (χ4n) is 2.46. The van der Waals surface area contributed by atoms with Crippen LogP contribution in [-0.2, 0) is 4.79 Å². The molecule has 2 aromatic rings. The van der Waals surface area contributed by atoms with Crippen LogP contribution in [0.2, 0.25) is 0 Å². The van der Waals surface area contributed by atoms with Crippen molar-refractivity contribution in [2.45, 2.75) is 13.0 Å². The Morgan fingerprint density at radius 2 is 1.85 bits per heavy atom. The number of carbonyl (C=O) groups is 2. The average Bonchev–Trinajstić information content (AvgIpc) is 3.09. The van der Waals surface area contributed by atoms with Gasteiger partial charge in [-0.3, -0.25) is 9.59 Å². The van der Waals surface area contributed by atoms with Crippen LogP contribution in [0.15, 0.2) is 36.4 Å². The number of hydrogen-bond donors (Lipinski definition) is 2. The van der Waals surface area contributed by atoms with E-state index in [0.29, 0.717) is 22.6 Å². The van der Waals surface area contributed by atoms with Gasteiger partial charge in [0.15, 0.2) is 23.1 Å². The van der Waals surface area contributed by atoms with E-state index in [0.717, 1.165) is 12.1 Å². The molecule has 0 saturated carbocycles. The molecular weight excluding hydrogens is 346 g/mol. The van der Waals surface area contributed by atoms with Crippen molar-refractivity contribution < 1.29 is 27.8 Å². The summed E-state index contributed by atoms with van der Waals surface area (Å²) in [4.78, 5) is 24.1. The zero-order valence-electron chi connectivity index (χ0n) is 13.8. The third-order valence-electron chi connectivity index (χ3n) is 3.87. The number of ether oxygens (including phenoxy) is 2. The van der Waals surface area contributed by atoms with E-state index < -0.39 is 29.5 Å². The number of hydrogen-bond acceptors (Lipinski definition) is 4. The van der Waals surface area contributed by atoms with Gasteiger partial charge in [-0.1, -0.05) is 6.07 Å². The second-order valence-electron chi connectivity index (χ2n) is 5.71. The van der Waals surface area contributed by atoms with Crippen LogP contribution < -0.4 is 20.1 Å². The number of carbonyl (C=O) groups excluding carboxylic acids is 2. The number of benzene rings is 2. The summed E-state index contributed by atoms with van der Waals surface area (Å²) in [6, 6.07) is 7.56. The van der Waals surface area contributed by atoms with Crippen LogP contribution in [0.3, 0.4) is 0 Å². The zero-order chi connectivity index (χ0) is 18.7. The standard InChI is InChI=1S/C18H16F2N2O4/c1-10(11-2-4-13(19)14(20)6-11)22-17(23)8-21-18(24)12-3-5-15-16(7-12)26-9-25-15/h2-7,10H,8-9H2,1H3,(H,21,24)(H,22,23)/t10-/m1/s1. The number of rotatable bonds is 5. The van der Waals surface area contributed by atoms with E-state index in [2.05, 4.69) is 10.6 Å². The lowest BCUT2D eigenvalue weighted by atomic mass is 10.1. The molecule has 0 saturated heterocycles. The highest BCUT2D eigenvalue weighted by atomic mass is 19.2. The summed E-state index contributed by atoms with van der Waals surface area (Å²) in [6.45, 7) is 1.47. The number of fused-ring (bicyclic) bond motifs is 1. The fourth-order valence-corrected chi connectivity index (χ4v) is 2.46. The van der Waals surface area contributed by atoms with Crippen LogP contribution in [-0.4, -0.2) is 25.2 Å². The normalized spacial score (nSPS) is 13.2. The summed E-state index contributed by atoms with van der Waals surface area (Å²) in [6.07, 6.45) is 0. The first-order chi connectivity index (χ1) is 12.4. The minimum absolute atomic E-state index is 0.102. The Balaban J connectivity index is 1.53. The van der Waals surface area contributed by atoms with Gasteiger partial charge in [-0.05, 0) is 42.8 Å². The molecular formula is C18H16F2N2O4. The SMILES string of the molecule is C[C@@H](NC(=O)CNC(=O)c1ccc2c(c1)OCO2)c1ccc(F)c(F)c1. The Labute approximate surface area is 148 Å². The van der Waals surface area contributed by atoms with E-state index in [4.69, 9.17) is 9.47 Å². The summed E-state index contributed by atoms with van der Waals surface area (Å²) in [7, 11) is 0. The minimum Gasteiger partial charge on any atom is -0.454 e. The molecule has 26 heavy (non-hydrogen) atoms. The van der Waals surface area contributed by atoms with Gasteiger partial charge in [-0.25, -0.2) is 8.78 Å². The summed E-state index contributed by atoms with van der Waals surface area (Å²) >= 11 is 0. The monoisotopic (exact) mass is 362 g/mol. The predicted molar refractivity (Wildman–Crippen MR) is 87.8 cm³/mol. The maximum Gasteiger partial charge on any atom is 0.251 e. The number of halogens is 2. The second kappa shape index (κ2) is 7.38. The Bertz CT molecular complexity index is 857. The van der Waals surface area contributed by atoms with Gasteiger partial charge in [-0.2, -0.15) is 0 Å². The second-order valence-corrected chi connectivity index (χ2v) is 5.71. The van der Waals surface area contributed by atoms with Crippen molar-refractivity contribution in [1.82, 2.24) is 10.6 Å². The molecule has 6 nitrogen and oxygen atoms in total. The van der Waals surface area contributed by atoms with E-state index in [-0.39, 0.29) is 13.3 Å². The van der Waals surface area contributed by atoms with E-state index >= 15 is 0 Å². The van der Waals surface area contributed by atoms with Gasteiger partial charge in [0, 0.05) is 5.56 Å². The topological polar surface area (TPSA) is 76.7 Å². The summed E-state index contributed by atoms with van der Waals surface area (Å²) in [5.74, 6) is -1.83. The van der Waals surface area contributed by atoms with Crippen molar-refractivity contribution in [2.75, 3.05) is 13.3 Å². The molecule has 0 unspecified atom stereocenters. The molecule has 3 rings (SSSR count). The third-order valence-corrected chi connectivity index (χ3v) is 3.87. The van der Waals surface area contributed by atoms with Crippen molar-refractivity contribution in [3.8, 4) is 11.5 Å². The quantitative estimate of drug-likeness (QED) is 0.856. The fraction of sp³-hybridized carbons (Fsp3) is 0.222. The number of amides is 2. The van der Waals surface area contributed by atoms with Crippen LogP contribution in [0.4, 0.5) is 8.78 Å². The molecule has 2 aromatic carbocycles. The van der Waals surface area contributed by atoms with E-state index in [1.807, 2.05) is 0 Å². The summed E-state index contributed by atoms with van der Waals surface area (Å²) in [5, 5.41) is 5.09. The van der Waals surface area contributed by atoms with Gasteiger partial charge in [0.25, 0.3) is 5.91 Å². The Hall–Kier alpha value is -3.16. The molecule has 8 heteroatoms. The Morgan fingerprint density at radius 1 is 1.08 bits per heavy atom. The lowest BCUT2D eigenvalue weighted by Crippen LogP contribution is -2.38. The maximum absolute atomic E-state index is 13.2. The third kappa shape index (κ3) is 3.90. The average molecular weight is 362 g/mol. The van der Waals surface area contributed by atoms with E-state index in [1.165, 1.54) is 12.1 Å². The summed E-state index contributed by atoms with van der Waals surface area (Å²) < 4.78 is 36.6. The molecule has 2 amide bonds. The minimum atomic E-state index is -0.986. The first-order valence-corrected chi connectivity index (χ1v) is 7.86. The van der Waals surface area contributed by atoms with Gasteiger partial charge in [-0.15, -0.1) is 0 Å². The Kier molecular flexibility index (Phi) is 5.01. The van der Waals surface area contributed by atoms with Crippen LogP contribution >= 0.6 is 0 Å². The smallest absolute Gasteiger partial charge is 0.251 e. The van der Waals surface area contributed by atoms with Crippen molar-refractivity contribution in [2.24, 2.45) is 0 Å². The van der Waals surface area contributed by atoms with Crippen LogP contribution in [0.1, 0.15) is 28.9 Å². The van der Waals surface area contributed by atoms with Crippen molar-refractivity contribution >= 4 is 11.8 Å². The van der Waals surface area contributed by atoms with Crippen molar-refractivity contribution in [1.29, 1.82) is 0 Å². The first-order valence-electron chi connectivity index (χ1n) is 7.86. The summed E-state index contributed by atoms with van der Waals surface area (Å²) in [5.41, 5.74) is 0.745. The van der Waals surface area contributed by atoms with Crippen LogP contribution in [0.25, 0.3) is 0 Å². The van der Waals surface area contributed by atoms with E-state index in [9.17, 15) is 18.4 Å². The molecule has 2 N–H and O–H groups in total. The van der Waals surface area contributed by atoms with Gasteiger partial charge in [0.2, 0.25) is 12.7 Å². The molecule has 1 aliphatic heterocycles. The number of nitrogens with one attached hydrogen (secondary N) is 2. The molecule has 136 valence electrons. The maximum atomic E-state index is 13.2. The lowest BCUT2D eigenvalue weighted by molar-refractivity contribution is -0.120. The molecule has 0 aromatic heterocycles. The highest BCUT2D eigenvalue weighted by Crippen LogP contribution is 2.32. The van der Waals surface area contributed by atoms with Gasteiger partial charge in [0.05, 0.1) is 12.6 Å². The highest BCUT2D eigenvalue weighted by Gasteiger charge is 2.17.